The molecule has 0 aliphatic heterocycles. The molecule has 0 radical (unpaired) electrons. The molecule has 0 saturated carbocycles. The van der Waals surface area contributed by atoms with Gasteiger partial charge in [0.05, 0.1) is 20.6 Å². The van der Waals surface area contributed by atoms with Gasteiger partial charge in [0, 0.05) is 6.54 Å². The molecule has 1 atom stereocenters. The van der Waals surface area contributed by atoms with Crippen LogP contribution in [0.5, 0.6) is 0 Å². The van der Waals surface area contributed by atoms with E-state index >= 15 is 0 Å². The van der Waals surface area contributed by atoms with E-state index < -0.39 is 11.0 Å². The van der Waals surface area contributed by atoms with Gasteiger partial charge in [0.2, 0.25) is 0 Å². The van der Waals surface area contributed by atoms with Crippen molar-refractivity contribution in [3.8, 4) is 0 Å². The second-order valence-corrected chi connectivity index (χ2v) is 7.41. The van der Waals surface area contributed by atoms with Crippen LogP contribution in [-0.4, -0.2) is 20.4 Å². The molecule has 0 aromatic heterocycles. The zero-order chi connectivity index (χ0) is 11.4. The highest BCUT2D eigenvalue weighted by molar-refractivity contribution is 7.84. The van der Waals surface area contributed by atoms with Gasteiger partial charge in [0.15, 0.2) is 0 Å². The molecule has 0 spiro atoms. The Morgan fingerprint density at radius 2 is 1.64 bits per heavy atom. The molecule has 1 N–H and O–H groups in total. The van der Waals surface area contributed by atoms with Gasteiger partial charge in [-0.3, -0.25) is 0 Å². The molecule has 0 aromatic carbocycles. The summed E-state index contributed by atoms with van der Waals surface area (Å²) >= 11 is 6.31. The molecule has 0 fully saturated rings. The lowest BCUT2D eigenvalue weighted by Crippen LogP contribution is -2.41. The van der Waals surface area contributed by atoms with E-state index in [1.807, 2.05) is 20.8 Å². The molecule has 0 heterocycles. The zero-order valence-corrected chi connectivity index (χ0v) is 11.4. The minimum absolute atomic E-state index is 0.223. The van der Waals surface area contributed by atoms with Gasteiger partial charge in [-0.1, -0.05) is 13.8 Å². The first-order valence-corrected chi connectivity index (χ1v) is 6.62. The third-order valence-corrected chi connectivity index (χ3v) is 4.53. The largest absolute Gasteiger partial charge is 0.242 e. The Labute approximate surface area is 95.4 Å². The van der Waals surface area contributed by atoms with Gasteiger partial charge in [-0.15, -0.1) is 11.6 Å². The molecule has 14 heavy (non-hydrogen) atoms. The minimum Gasteiger partial charge on any atom is -0.242 e. The van der Waals surface area contributed by atoms with Crippen molar-refractivity contribution >= 4 is 22.6 Å². The van der Waals surface area contributed by atoms with Crippen LogP contribution in [-0.2, 0) is 11.0 Å². The van der Waals surface area contributed by atoms with E-state index in [2.05, 4.69) is 18.6 Å². The molecule has 0 aliphatic carbocycles. The fourth-order valence-electron chi connectivity index (χ4n) is 0.911. The van der Waals surface area contributed by atoms with E-state index in [1.165, 1.54) is 0 Å². The first kappa shape index (κ1) is 14.4. The first-order valence-electron chi connectivity index (χ1n) is 5.09. The van der Waals surface area contributed by atoms with Gasteiger partial charge in [0.25, 0.3) is 0 Å². The molecular weight excluding hydrogens is 218 g/mol. The number of alkyl halides is 1. The van der Waals surface area contributed by atoms with Crippen molar-refractivity contribution in [1.82, 2.24) is 4.72 Å². The number of hydrogen-bond donors (Lipinski definition) is 1. The summed E-state index contributed by atoms with van der Waals surface area (Å²) in [4.78, 5) is -0.249. The summed E-state index contributed by atoms with van der Waals surface area (Å²) in [7, 11) is -1.02. The van der Waals surface area contributed by atoms with Gasteiger partial charge in [-0.25, -0.2) is 8.93 Å². The number of halogens is 1. The van der Waals surface area contributed by atoms with Crippen LogP contribution in [0.2, 0.25) is 0 Å². The molecule has 0 bridgehead atoms. The molecule has 0 aliphatic rings. The van der Waals surface area contributed by atoms with Gasteiger partial charge in [-0.05, 0) is 33.6 Å². The normalized spacial score (nSPS) is 15.6. The second kappa shape index (κ2) is 5.47. The van der Waals surface area contributed by atoms with Gasteiger partial charge < -0.3 is 0 Å². The summed E-state index contributed by atoms with van der Waals surface area (Å²) in [6.45, 7) is 10.6. The van der Waals surface area contributed by atoms with Crippen LogP contribution in [0, 0.1) is 0 Å². The predicted octanol–water partition coefficient (Wildman–Crippen LogP) is 2.84. The van der Waals surface area contributed by atoms with E-state index in [1.54, 1.807) is 0 Å². The summed E-state index contributed by atoms with van der Waals surface area (Å²) in [5, 5.41) is 0. The predicted molar refractivity (Wildman–Crippen MR) is 65.1 cm³/mol. The highest BCUT2D eigenvalue weighted by atomic mass is 35.5. The smallest absolute Gasteiger partial charge is 0.0970 e. The third kappa shape index (κ3) is 4.76. The van der Waals surface area contributed by atoms with Crippen LogP contribution in [0.25, 0.3) is 0 Å². The average molecular weight is 240 g/mol. The van der Waals surface area contributed by atoms with Crippen LogP contribution in [0.4, 0.5) is 0 Å². The van der Waals surface area contributed by atoms with E-state index in [0.717, 1.165) is 12.8 Å². The molecule has 0 aromatic rings. The molecule has 2 nitrogen and oxygen atoms in total. The Morgan fingerprint density at radius 3 is 1.93 bits per heavy atom. The Hall–Kier alpha value is 0.400. The summed E-state index contributed by atoms with van der Waals surface area (Å²) in [5.74, 6) is 0. The van der Waals surface area contributed by atoms with Crippen LogP contribution in [0.3, 0.4) is 0 Å². The third-order valence-electron chi connectivity index (χ3n) is 2.34. The van der Waals surface area contributed by atoms with Crippen molar-refractivity contribution in [2.24, 2.45) is 0 Å². The van der Waals surface area contributed by atoms with E-state index in [4.69, 9.17) is 11.6 Å². The summed E-state index contributed by atoms with van der Waals surface area (Å²) in [6.07, 6.45) is 1.78. The first-order chi connectivity index (χ1) is 6.25. The molecule has 0 saturated heterocycles. The fraction of sp³-hybridized carbons (Fsp3) is 1.00. The maximum atomic E-state index is 11.7. The molecule has 4 heteroatoms. The Bertz CT molecular complexity index is 197. The Morgan fingerprint density at radius 1 is 1.21 bits per heavy atom. The van der Waals surface area contributed by atoms with Crippen LogP contribution < -0.4 is 4.72 Å². The van der Waals surface area contributed by atoms with Crippen molar-refractivity contribution in [1.29, 1.82) is 0 Å². The van der Waals surface area contributed by atoms with Crippen molar-refractivity contribution < 1.29 is 4.21 Å². The minimum atomic E-state index is -1.02. The lowest BCUT2D eigenvalue weighted by Gasteiger charge is -2.26. The summed E-state index contributed by atoms with van der Waals surface area (Å²) < 4.78 is 14.5. The van der Waals surface area contributed by atoms with Gasteiger partial charge in [-0.2, -0.15) is 0 Å². The summed E-state index contributed by atoms with van der Waals surface area (Å²) in [6, 6.07) is 0. The highest BCUT2D eigenvalue weighted by Crippen LogP contribution is 2.23. The average Bonchev–Trinajstić information content (AvgIpc) is 2.12. The fourth-order valence-corrected chi connectivity index (χ4v) is 1.90. The SMILES string of the molecule is CCC(Cl)(CC)CN[S@](=O)C(C)(C)C. The van der Waals surface area contributed by atoms with E-state index in [0.29, 0.717) is 6.54 Å². The topological polar surface area (TPSA) is 29.1 Å². The van der Waals surface area contributed by atoms with E-state index in [-0.39, 0.29) is 9.62 Å². The monoisotopic (exact) mass is 239 g/mol. The molecule has 0 rings (SSSR count). The molecule has 0 unspecified atom stereocenters. The highest BCUT2D eigenvalue weighted by Gasteiger charge is 2.26. The van der Waals surface area contributed by atoms with Crippen LogP contribution in [0.15, 0.2) is 0 Å². The standard InChI is InChI=1S/C10H22ClNOS/c1-6-10(11,7-2)8-12-14(13)9(3,4)5/h12H,6-8H2,1-5H3/t14-/m1/s1. The van der Waals surface area contributed by atoms with Crippen LogP contribution >= 0.6 is 11.6 Å². The van der Waals surface area contributed by atoms with Crippen molar-refractivity contribution in [2.45, 2.75) is 57.1 Å². The van der Waals surface area contributed by atoms with Gasteiger partial charge in [0.1, 0.15) is 0 Å². The lowest BCUT2D eigenvalue weighted by atomic mass is 10.0. The number of nitrogens with one attached hydrogen (secondary N) is 1. The maximum Gasteiger partial charge on any atom is 0.0970 e. The van der Waals surface area contributed by atoms with Crippen LogP contribution in [0.1, 0.15) is 47.5 Å². The summed E-state index contributed by atoms with van der Waals surface area (Å²) in [5.41, 5.74) is 0. The van der Waals surface area contributed by atoms with Crippen molar-refractivity contribution in [3.63, 3.8) is 0 Å². The number of rotatable bonds is 5. The maximum absolute atomic E-state index is 11.7. The van der Waals surface area contributed by atoms with Crippen molar-refractivity contribution in [3.05, 3.63) is 0 Å². The zero-order valence-electron chi connectivity index (χ0n) is 9.82. The quantitative estimate of drug-likeness (QED) is 0.735. The van der Waals surface area contributed by atoms with Crippen molar-refractivity contribution in [2.75, 3.05) is 6.54 Å². The Kier molecular flexibility index (Phi) is 5.63. The molecular formula is C10H22ClNOS. The van der Waals surface area contributed by atoms with E-state index in [9.17, 15) is 4.21 Å². The lowest BCUT2D eigenvalue weighted by molar-refractivity contribution is 0.522. The van der Waals surface area contributed by atoms with Gasteiger partial charge >= 0.3 is 0 Å². The molecule has 86 valence electrons. The molecule has 0 amide bonds. The Balaban J connectivity index is 4.12. The number of hydrogen-bond acceptors (Lipinski definition) is 1. The second-order valence-electron chi connectivity index (χ2n) is 4.56.